The van der Waals surface area contributed by atoms with Gasteiger partial charge in [-0.25, -0.2) is 9.59 Å². The van der Waals surface area contributed by atoms with Crippen LogP contribution in [0.5, 0.6) is 0 Å². The zero-order chi connectivity index (χ0) is 14.5. The molecule has 1 aliphatic rings. The highest BCUT2D eigenvalue weighted by Gasteiger charge is 2.50. The van der Waals surface area contributed by atoms with Crippen LogP contribution in [0.15, 0.2) is 0 Å². The van der Waals surface area contributed by atoms with Gasteiger partial charge in [-0.05, 0) is 13.8 Å². The van der Waals surface area contributed by atoms with Crippen LogP contribution < -0.4 is 0 Å². The Morgan fingerprint density at radius 3 is 1.74 bits per heavy atom. The summed E-state index contributed by atoms with van der Waals surface area (Å²) in [4.78, 5) is 23.4. The van der Waals surface area contributed by atoms with Crippen LogP contribution in [0, 0.1) is 24.7 Å². The van der Waals surface area contributed by atoms with Crippen LogP contribution in [-0.2, 0) is 28.5 Å². The minimum atomic E-state index is -1.23. The van der Waals surface area contributed by atoms with Gasteiger partial charge in [0, 0.05) is 0 Å². The fourth-order valence-corrected chi connectivity index (χ4v) is 1.50. The smallest absolute Gasteiger partial charge is 0.339 e. The van der Waals surface area contributed by atoms with Crippen molar-refractivity contribution in [1.82, 2.24) is 0 Å². The molecule has 0 N–H and O–H groups in total. The molecule has 0 aromatic carbocycles. The third-order valence-electron chi connectivity index (χ3n) is 2.16. The highest BCUT2D eigenvalue weighted by Crippen LogP contribution is 2.29. The Kier molecular flexibility index (Phi) is 4.94. The fraction of sp³-hybridized carbons (Fsp3) is 0.538. The number of hydrogen-bond acceptors (Lipinski definition) is 6. The van der Waals surface area contributed by atoms with E-state index < -0.39 is 29.9 Å². The monoisotopic (exact) mass is 266 g/mol. The van der Waals surface area contributed by atoms with Gasteiger partial charge in [0.25, 0.3) is 0 Å². The standard InChI is InChI=1S/C13H14O6/c1-5-7-16-11(14)9-10(12(15)17-8-6-2)19-13(3,4)18-9/h1-2,9-10H,7-8H2,3-4H3. The zero-order valence-corrected chi connectivity index (χ0v) is 10.7. The Balaban J connectivity index is 2.76. The third-order valence-corrected chi connectivity index (χ3v) is 2.16. The van der Waals surface area contributed by atoms with Gasteiger partial charge in [0.05, 0.1) is 0 Å². The van der Waals surface area contributed by atoms with Crippen molar-refractivity contribution in [3.05, 3.63) is 0 Å². The number of hydrogen-bond donors (Lipinski definition) is 0. The zero-order valence-electron chi connectivity index (χ0n) is 10.7. The Labute approximate surface area is 111 Å². The van der Waals surface area contributed by atoms with Gasteiger partial charge in [-0.3, -0.25) is 0 Å². The first-order valence-corrected chi connectivity index (χ1v) is 5.47. The van der Waals surface area contributed by atoms with E-state index in [9.17, 15) is 9.59 Å². The molecule has 1 heterocycles. The first-order chi connectivity index (χ1) is 8.91. The molecule has 6 nitrogen and oxygen atoms in total. The number of carbonyl (C=O) groups is 2. The van der Waals surface area contributed by atoms with Crippen LogP contribution in [0.2, 0.25) is 0 Å². The first-order valence-electron chi connectivity index (χ1n) is 5.47. The number of ether oxygens (including phenoxy) is 4. The predicted molar refractivity (Wildman–Crippen MR) is 63.4 cm³/mol. The van der Waals surface area contributed by atoms with Crippen LogP contribution in [0.25, 0.3) is 0 Å². The lowest BCUT2D eigenvalue weighted by Gasteiger charge is -2.15. The molecule has 0 aliphatic carbocycles. The van der Waals surface area contributed by atoms with Gasteiger partial charge in [0.1, 0.15) is 0 Å². The summed E-state index contributed by atoms with van der Waals surface area (Å²) >= 11 is 0. The fourth-order valence-electron chi connectivity index (χ4n) is 1.50. The van der Waals surface area contributed by atoms with Crippen LogP contribution >= 0.6 is 0 Å². The Bertz CT molecular complexity index is 399. The number of carbonyl (C=O) groups excluding carboxylic acids is 2. The molecule has 2 atom stereocenters. The molecule has 1 saturated heterocycles. The number of esters is 2. The molecule has 102 valence electrons. The summed E-state index contributed by atoms with van der Waals surface area (Å²) in [6.45, 7) is 2.68. The predicted octanol–water partition coefficient (Wildman–Crippen LogP) is -0.141. The molecule has 0 bridgehead atoms. The summed E-state index contributed by atoms with van der Waals surface area (Å²) < 4.78 is 20.1. The summed E-state index contributed by atoms with van der Waals surface area (Å²) in [5, 5.41) is 0. The molecule has 0 amide bonds. The van der Waals surface area contributed by atoms with E-state index in [0.717, 1.165) is 0 Å². The van der Waals surface area contributed by atoms with Crippen LogP contribution in [0.1, 0.15) is 13.8 Å². The normalized spacial score (nSPS) is 24.0. The molecule has 19 heavy (non-hydrogen) atoms. The summed E-state index contributed by atoms with van der Waals surface area (Å²) in [7, 11) is 0. The lowest BCUT2D eigenvalue weighted by Crippen LogP contribution is -2.39. The molecule has 6 heteroatoms. The van der Waals surface area contributed by atoms with Crippen molar-refractivity contribution in [2.75, 3.05) is 13.2 Å². The number of terminal acetylenes is 2. The lowest BCUT2D eigenvalue weighted by molar-refractivity contribution is -0.172. The average Bonchev–Trinajstić information content (AvgIpc) is 2.69. The van der Waals surface area contributed by atoms with E-state index in [1.165, 1.54) is 0 Å². The Hall–Kier alpha value is -2.02. The SMILES string of the molecule is C#CCOC(=O)C1OC(C)(C)OC1C(=O)OCC#C. The first kappa shape index (κ1) is 15.0. The minimum Gasteiger partial charge on any atom is -0.451 e. The third kappa shape index (κ3) is 3.99. The van der Waals surface area contributed by atoms with Gasteiger partial charge in [-0.2, -0.15) is 0 Å². The molecule has 1 fully saturated rings. The average molecular weight is 266 g/mol. The highest BCUT2D eigenvalue weighted by molar-refractivity contribution is 5.86. The van der Waals surface area contributed by atoms with Crippen molar-refractivity contribution in [2.24, 2.45) is 0 Å². The summed E-state index contributed by atoms with van der Waals surface area (Å²) in [5.74, 6) is 1.59. The maximum atomic E-state index is 11.7. The van der Waals surface area contributed by atoms with Gasteiger partial charge >= 0.3 is 11.9 Å². The molecule has 0 aromatic rings. The van der Waals surface area contributed by atoms with Crippen molar-refractivity contribution in [2.45, 2.75) is 31.8 Å². The molecule has 1 rings (SSSR count). The number of rotatable bonds is 4. The van der Waals surface area contributed by atoms with Gasteiger partial charge < -0.3 is 18.9 Å². The van der Waals surface area contributed by atoms with Gasteiger partial charge in [0.15, 0.2) is 31.2 Å². The molecule has 2 unspecified atom stereocenters. The summed E-state index contributed by atoms with van der Waals surface area (Å²) in [6, 6.07) is 0. The molecule has 0 aromatic heterocycles. The van der Waals surface area contributed by atoms with Gasteiger partial charge in [-0.1, -0.05) is 11.8 Å². The summed E-state index contributed by atoms with van der Waals surface area (Å²) in [6.07, 6.45) is 7.50. The van der Waals surface area contributed by atoms with Crippen molar-refractivity contribution >= 4 is 11.9 Å². The largest absolute Gasteiger partial charge is 0.451 e. The van der Waals surface area contributed by atoms with E-state index in [2.05, 4.69) is 11.8 Å². The van der Waals surface area contributed by atoms with E-state index in [1.807, 2.05) is 0 Å². The topological polar surface area (TPSA) is 71.1 Å². The Morgan fingerprint density at radius 1 is 1.05 bits per heavy atom. The molecule has 0 saturated carbocycles. The molecule has 0 radical (unpaired) electrons. The quantitative estimate of drug-likeness (QED) is 0.521. The maximum Gasteiger partial charge on any atom is 0.339 e. The van der Waals surface area contributed by atoms with E-state index in [1.54, 1.807) is 13.8 Å². The maximum absolute atomic E-state index is 11.7. The van der Waals surface area contributed by atoms with Crippen LogP contribution in [0.3, 0.4) is 0 Å². The molecule has 0 spiro atoms. The second kappa shape index (κ2) is 6.24. The van der Waals surface area contributed by atoms with Crippen molar-refractivity contribution < 1.29 is 28.5 Å². The van der Waals surface area contributed by atoms with Crippen molar-refractivity contribution in [3.63, 3.8) is 0 Å². The van der Waals surface area contributed by atoms with E-state index in [0.29, 0.717) is 0 Å². The van der Waals surface area contributed by atoms with Gasteiger partial charge in [-0.15, -0.1) is 12.8 Å². The van der Waals surface area contributed by atoms with Crippen LogP contribution in [-0.4, -0.2) is 43.1 Å². The second-order valence-electron chi connectivity index (χ2n) is 4.10. The van der Waals surface area contributed by atoms with Gasteiger partial charge in [0.2, 0.25) is 0 Å². The lowest BCUT2D eigenvalue weighted by atomic mass is 10.2. The van der Waals surface area contributed by atoms with E-state index >= 15 is 0 Å². The molecular formula is C13H14O6. The molecule has 1 aliphatic heterocycles. The van der Waals surface area contributed by atoms with Crippen molar-refractivity contribution in [3.8, 4) is 24.7 Å². The van der Waals surface area contributed by atoms with Crippen LogP contribution in [0.4, 0.5) is 0 Å². The van der Waals surface area contributed by atoms with Crippen molar-refractivity contribution in [1.29, 1.82) is 0 Å². The molecular weight excluding hydrogens is 252 g/mol. The highest BCUT2D eigenvalue weighted by atomic mass is 16.8. The second-order valence-corrected chi connectivity index (χ2v) is 4.10. The van der Waals surface area contributed by atoms with E-state index in [4.69, 9.17) is 31.8 Å². The van der Waals surface area contributed by atoms with E-state index in [-0.39, 0.29) is 13.2 Å². The minimum absolute atomic E-state index is 0.217. The summed E-state index contributed by atoms with van der Waals surface area (Å²) in [5.41, 5.74) is 0. The Morgan fingerprint density at radius 2 is 1.42 bits per heavy atom.